The lowest BCUT2D eigenvalue weighted by molar-refractivity contribution is -0.137. The van der Waals surface area contributed by atoms with Gasteiger partial charge in [0.05, 0.1) is 17.6 Å². The first-order valence-corrected chi connectivity index (χ1v) is 15.2. The van der Waals surface area contributed by atoms with E-state index in [1.165, 1.54) is 51.8 Å². The van der Waals surface area contributed by atoms with Crippen LogP contribution in [0.25, 0.3) is 0 Å². The molecule has 4 aromatic rings. The number of thiazole rings is 1. The SMILES string of the molecule is CC(NC(=O)[C@@H]1C[C@H](c2nccs2)CN1C(=O)CNC(=O)c1ccc(Oc2ccc(F)cc2)cc1)c1cc(C(=N)N)cs1. The Kier molecular flexibility index (Phi) is 9.12. The second-order valence-corrected chi connectivity index (χ2v) is 11.9. The monoisotopic (exact) mass is 620 g/mol. The Bertz CT molecular complexity index is 1610. The molecule has 222 valence electrons. The molecule has 0 spiro atoms. The number of rotatable bonds is 10. The molecule has 0 bridgehead atoms. The van der Waals surface area contributed by atoms with Crippen molar-refractivity contribution in [2.75, 3.05) is 13.1 Å². The van der Waals surface area contributed by atoms with E-state index in [2.05, 4.69) is 15.6 Å². The summed E-state index contributed by atoms with van der Waals surface area (Å²) in [6.45, 7) is 1.85. The molecule has 1 aliphatic heterocycles. The summed E-state index contributed by atoms with van der Waals surface area (Å²) in [5.41, 5.74) is 6.49. The van der Waals surface area contributed by atoms with E-state index in [0.717, 1.165) is 9.88 Å². The van der Waals surface area contributed by atoms with Gasteiger partial charge in [0.25, 0.3) is 5.91 Å². The number of benzene rings is 2. The molecular weight excluding hydrogens is 592 g/mol. The normalized spacial score (nSPS) is 16.8. The Hall–Kier alpha value is -4.62. The van der Waals surface area contributed by atoms with Crippen LogP contribution in [0.2, 0.25) is 0 Å². The van der Waals surface area contributed by atoms with E-state index in [9.17, 15) is 18.8 Å². The van der Waals surface area contributed by atoms with E-state index in [4.69, 9.17) is 15.9 Å². The van der Waals surface area contributed by atoms with Crippen LogP contribution in [0.15, 0.2) is 71.6 Å². The number of thiophene rings is 1. The first kappa shape index (κ1) is 29.9. The largest absolute Gasteiger partial charge is 0.457 e. The Labute approximate surface area is 255 Å². The summed E-state index contributed by atoms with van der Waals surface area (Å²) >= 11 is 2.87. The van der Waals surface area contributed by atoms with Crippen molar-refractivity contribution in [3.63, 3.8) is 0 Å². The number of nitrogen functional groups attached to an aromatic ring is 1. The average Bonchev–Trinajstić information content (AvgIpc) is 3.78. The number of carbonyl (C=O) groups is 3. The number of nitrogens with one attached hydrogen (secondary N) is 3. The van der Waals surface area contributed by atoms with Gasteiger partial charge in [-0.1, -0.05) is 0 Å². The standard InChI is InChI=1S/C30H29FN6O4S2/c1-17(25-13-20(16-43-25)27(32)33)36-29(40)24-12-19(30-34-10-11-42-30)15-37(24)26(38)14-35-28(39)18-2-6-22(7-3-18)41-23-8-4-21(31)5-9-23/h2-11,13,16-17,19,24H,12,14-15H2,1H3,(H3,32,33)(H,35,39)(H,36,40)/t17?,19-,24-/m0/s1. The molecule has 3 heterocycles. The first-order chi connectivity index (χ1) is 20.7. The van der Waals surface area contributed by atoms with E-state index in [1.54, 1.807) is 41.9 Å². The highest BCUT2D eigenvalue weighted by atomic mass is 32.1. The number of carbonyl (C=O) groups excluding carboxylic acids is 3. The molecule has 0 radical (unpaired) electrons. The fraction of sp³-hybridized carbons (Fsp3) is 0.233. The molecular formula is C30H29FN6O4S2. The first-order valence-electron chi connectivity index (χ1n) is 13.4. The van der Waals surface area contributed by atoms with Crippen LogP contribution in [0.1, 0.15) is 51.1 Å². The number of amidine groups is 1. The van der Waals surface area contributed by atoms with Gasteiger partial charge in [0.1, 0.15) is 29.2 Å². The maximum atomic E-state index is 13.4. The lowest BCUT2D eigenvalue weighted by Crippen LogP contribution is -2.49. The minimum Gasteiger partial charge on any atom is -0.457 e. The Morgan fingerprint density at radius 3 is 2.44 bits per heavy atom. The maximum Gasteiger partial charge on any atom is 0.251 e. The number of ether oxygens (including phenoxy) is 1. The molecule has 0 saturated carbocycles. The quantitative estimate of drug-likeness (QED) is 0.152. The Morgan fingerprint density at radius 2 is 1.81 bits per heavy atom. The topological polar surface area (TPSA) is 151 Å². The van der Waals surface area contributed by atoms with Crippen molar-refractivity contribution in [1.29, 1.82) is 5.41 Å². The number of hydrogen-bond acceptors (Lipinski definition) is 8. The summed E-state index contributed by atoms with van der Waals surface area (Å²) in [6.07, 6.45) is 2.10. The van der Waals surface area contributed by atoms with Gasteiger partial charge in [0.15, 0.2) is 0 Å². The van der Waals surface area contributed by atoms with Crippen molar-refractivity contribution >= 4 is 46.2 Å². The van der Waals surface area contributed by atoms with Crippen LogP contribution in [-0.4, -0.2) is 52.6 Å². The Balaban J connectivity index is 1.21. The molecule has 3 atom stereocenters. The van der Waals surface area contributed by atoms with Crippen LogP contribution < -0.4 is 21.1 Å². The van der Waals surface area contributed by atoms with Crippen LogP contribution in [-0.2, 0) is 9.59 Å². The summed E-state index contributed by atoms with van der Waals surface area (Å²) in [5.74, 6) is -0.742. The van der Waals surface area contributed by atoms with Crippen LogP contribution in [0.5, 0.6) is 11.5 Å². The summed E-state index contributed by atoms with van der Waals surface area (Å²) in [6, 6.07) is 12.6. The number of aromatic nitrogens is 1. The zero-order valence-corrected chi connectivity index (χ0v) is 24.7. The highest BCUT2D eigenvalue weighted by molar-refractivity contribution is 7.10. The zero-order chi connectivity index (χ0) is 30.5. The van der Waals surface area contributed by atoms with Gasteiger partial charge in [-0.3, -0.25) is 19.8 Å². The van der Waals surface area contributed by atoms with Crippen molar-refractivity contribution < 1.29 is 23.5 Å². The van der Waals surface area contributed by atoms with Crippen molar-refractivity contribution in [3.05, 3.63) is 98.4 Å². The third kappa shape index (κ3) is 7.24. The molecule has 0 aliphatic carbocycles. The van der Waals surface area contributed by atoms with Crippen LogP contribution in [0.3, 0.4) is 0 Å². The molecule has 1 aliphatic rings. The molecule has 2 aromatic carbocycles. The smallest absolute Gasteiger partial charge is 0.251 e. The molecule has 5 rings (SSSR count). The van der Waals surface area contributed by atoms with Crippen molar-refractivity contribution in [2.24, 2.45) is 5.73 Å². The summed E-state index contributed by atoms with van der Waals surface area (Å²) < 4.78 is 18.8. The fourth-order valence-corrected chi connectivity index (χ4v) is 6.41. The molecule has 2 aromatic heterocycles. The third-order valence-corrected chi connectivity index (χ3v) is 9.06. The van der Waals surface area contributed by atoms with Gasteiger partial charge in [-0.05, 0) is 67.9 Å². The molecule has 5 N–H and O–H groups in total. The van der Waals surface area contributed by atoms with E-state index in [1.807, 2.05) is 12.3 Å². The highest BCUT2D eigenvalue weighted by Crippen LogP contribution is 2.33. The minimum absolute atomic E-state index is 0.0452. The molecule has 10 nitrogen and oxygen atoms in total. The molecule has 1 unspecified atom stereocenters. The number of likely N-dealkylation sites (tertiary alicyclic amines) is 1. The number of hydrogen-bond donors (Lipinski definition) is 4. The summed E-state index contributed by atoms with van der Waals surface area (Å²) in [5, 5.41) is 17.7. The van der Waals surface area contributed by atoms with Gasteiger partial charge in [-0.25, -0.2) is 9.37 Å². The maximum absolute atomic E-state index is 13.4. The summed E-state index contributed by atoms with van der Waals surface area (Å²) in [4.78, 5) is 46.3. The third-order valence-electron chi connectivity index (χ3n) is 7.01. The number of nitrogens with zero attached hydrogens (tertiary/aromatic N) is 2. The lowest BCUT2D eigenvalue weighted by Gasteiger charge is -2.25. The number of halogens is 1. The predicted molar refractivity (Wildman–Crippen MR) is 162 cm³/mol. The van der Waals surface area contributed by atoms with Gasteiger partial charge >= 0.3 is 0 Å². The number of amides is 3. The Morgan fingerprint density at radius 1 is 1.12 bits per heavy atom. The average molecular weight is 621 g/mol. The minimum atomic E-state index is -0.740. The fourth-order valence-electron chi connectivity index (χ4n) is 4.75. The van der Waals surface area contributed by atoms with Crippen molar-refractivity contribution in [2.45, 2.75) is 31.3 Å². The van der Waals surface area contributed by atoms with Crippen molar-refractivity contribution in [1.82, 2.24) is 20.5 Å². The lowest BCUT2D eigenvalue weighted by atomic mass is 10.1. The van der Waals surface area contributed by atoms with E-state index >= 15 is 0 Å². The summed E-state index contributed by atoms with van der Waals surface area (Å²) in [7, 11) is 0. The van der Waals surface area contributed by atoms with Crippen LogP contribution in [0.4, 0.5) is 4.39 Å². The van der Waals surface area contributed by atoms with Gasteiger partial charge in [0, 0.05) is 45.4 Å². The van der Waals surface area contributed by atoms with Gasteiger partial charge in [-0.2, -0.15) is 0 Å². The van der Waals surface area contributed by atoms with Gasteiger partial charge < -0.3 is 26.0 Å². The van der Waals surface area contributed by atoms with E-state index in [0.29, 0.717) is 35.6 Å². The van der Waals surface area contributed by atoms with Crippen LogP contribution in [0, 0.1) is 11.2 Å². The van der Waals surface area contributed by atoms with E-state index < -0.39 is 11.9 Å². The second-order valence-electron chi connectivity index (χ2n) is 10.0. The van der Waals surface area contributed by atoms with E-state index in [-0.39, 0.29) is 42.0 Å². The molecule has 1 saturated heterocycles. The van der Waals surface area contributed by atoms with Gasteiger partial charge in [0.2, 0.25) is 11.8 Å². The second kappa shape index (κ2) is 13.1. The van der Waals surface area contributed by atoms with Gasteiger partial charge in [-0.15, -0.1) is 22.7 Å². The predicted octanol–water partition coefficient (Wildman–Crippen LogP) is 4.41. The zero-order valence-electron chi connectivity index (χ0n) is 23.1. The molecule has 13 heteroatoms. The molecule has 1 fully saturated rings. The van der Waals surface area contributed by atoms with Crippen molar-refractivity contribution in [3.8, 4) is 11.5 Å². The van der Waals surface area contributed by atoms with Crippen LogP contribution >= 0.6 is 22.7 Å². The number of nitrogens with two attached hydrogens (primary N) is 1. The highest BCUT2D eigenvalue weighted by Gasteiger charge is 2.41. The molecule has 3 amide bonds. The molecule has 43 heavy (non-hydrogen) atoms.